The molecular formula is C11H10N3. The number of hydrogen-bond donors (Lipinski definition) is 1. The molecule has 3 nitrogen and oxygen atoms in total. The fraction of sp³-hybridized carbons (Fsp3) is 0.0909. The molecule has 0 saturated carbocycles. The van der Waals surface area contributed by atoms with Gasteiger partial charge in [0.1, 0.15) is 6.20 Å². The lowest BCUT2D eigenvalue weighted by molar-refractivity contribution is 1.04. The van der Waals surface area contributed by atoms with E-state index in [-0.39, 0.29) is 0 Å². The van der Waals surface area contributed by atoms with Crippen LogP contribution in [0.2, 0.25) is 0 Å². The second kappa shape index (κ2) is 3.87. The van der Waals surface area contributed by atoms with E-state index in [1.165, 1.54) is 0 Å². The molecule has 0 unspecified atom stereocenters. The fourth-order valence-electron chi connectivity index (χ4n) is 1.24. The number of nitrogens with zero attached hydrogens (tertiary/aromatic N) is 2. The summed E-state index contributed by atoms with van der Waals surface area (Å²) < 4.78 is 0. The molecule has 1 radical (unpaired) electrons. The second-order valence-electron chi connectivity index (χ2n) is 2.93. The van der Waals surface area contributed by atoms with Crippen molar-refractivity contribution in [3.05, 3.63) is 43.2 Å². The van der Waals surface area contributed by atoms with Crippen molar-refractivity contribution in [1.82, 2.24) is 10.2 Å². The van der Waals surface area contributed by atoms with Gasteiger partial charge in [-0.25, -0.2) is 0 Å². The number of fused-ring (bicyclic) bond motifs is 1. The van der Waals surface area contributed by atoms with Crippen molar-refractivity contribution >= 4 is 16.5 Å². The first-order chi connectivity index (χ1) is 6.90. The molecule has 0 aliphatic heterocycles. The van der Waals surface area contributed by atoms with Crippen molar-refractivity contribution in [3.63, 3.8) is 0 Å². The van der Waals surface area contributed by atoms with Gasteiger partial charge in [-0.3, -0.25) is 0 Å². The van der Waals surface area contributed by atoms with Crippen LogP contribution in [0.1, 0.15) is 0 Å². The highest BCUT2D eigenvalue weighted by Crippen LogP contribution is 2.16. The zero-order chi connectivity index (χ0) is 9.80. The Kier molecular flexibility index (Phi) is 2.40. The topological polar surface area (TPSA) is 37.8 Å². The zero-order valence-electron chi connectivity index (χ0n) is 7.70. The maximum absolute atomic E-state index is 3.76. The molecule has 3 heteroatoms. The molecule has 0 aliphatic carbocycles. The minimum absolute atomic E-state index is 0.754. The molecule has 0 saturated heterocycles. The first-order valence-corrected chi connectivity index (χ1v) is 4.38. The number of rotatable bonds is 3. The molecule has 2 aromatic rings. The van der Waals surface area contributed by atoms with Gasteiger partial charge in [0.15, 0.2) is 0 Å². The monoisotopic (exact) mass is 184 g/mol. The third-order valence-corrected chi connectivity index (χ3v) is 1.93. The Morgan fingerprint density at radius 3 is 3.29 bits per heavy atom. The van der Waals surface area contributed by atoms with Crippen molar-refractivity contribution in [2.75, 3.05) is 11.9 Å². The van der Waals surface area contributed by atoms with Crippen LogP contribution in [-0.2, 0) is 0 Å². The van der Waals surface area contributed by atoms with Crippen LogP contribution in [0, 0.1) is 6.20 Å². The van der Waals surface area contributed by atoms with E-state index in [9.17, 15) is 0 Å². The molecule has 0 amide bonds. The van der Waals surface area contributed by atoms with Crippen LogP contribution in [0.3, 0.4) is 0 Å². The standard InChI is InChI=1S/C11H10N3/c1-2-5-12-11-4-3-9-7-13-14-8-10(9)6-11/h2-4,6-7,12H,1,5H2. The smallest absolute Gasteiger partial charge is 0.122 e. The van der Waals surface area contributed by atoms with E-state index in [0.29, 0.717) is 0 Å². The third kappa shape index (κ3) is 1.71. The van der Waals surface area contributed by atoms with E-state index in [1.807, 2.05) is 24.3 Å². The van der Waals surface area contributed by atoms with Crippen molar-refractivity contribution in [1.29, 1.82) is 0 Å². The molecule has 2 rings (SSSR count). The van der Waals surface area contributed by atoms with Gasteiger partial charge in [-0.15, -0.1) is 11.7 Å². The fourth-order valence-corrected chi connectivity index (χ4v) is 1.24. The predicted molar refractivity (Wildman–Crippen MR) is 57.1 cm³/mol. The van der Waals surface area contributed by atoms with Crippen molar-refractivity contribution in [3.8, 4) is 0 Å². The maximum atomic E-state index is 3.76. The molecule has 0 aliphatic rings. The summed E-state index contributed by atoms with van der Waals surface area (Å²) in [6.07, 6.45) is 6.38. The van der Waals surface area contributed by atoms with Crippen LogP contribution in [0.4, 0.5) is 5.69 Å². The Bertz CT molecular complexity index is 451. The summed E-state index contributed by atoms with van der Waals surface area (Å²) in [6, 6.07) is 5.99. The number of benzene rings is 1. The van der Waals surface area contributed by atoms with Crippen LogP contribution in [-0.4, -0.2) is 16.7 Å². The van der Waals surface area contributed by atoms with E-state index in [1.54, 1.807) is 6.20 Å². The van der Waals surface area contributed by atoms with Crippen LogP contribution in [0.5, 0.6) is 0 Å². The first-order valence-electron chi connectivity index (χ1n) is 4.38. The normalized spacial score (nSPS) is 10.0. The highest BCUT2D eigenvalue weighted by molar-refractivity contribution is 5.83. The molecule has 14 heavy (non-hydrogen) atoms. The average Bonchev–Trinajstić information content (AvgIpc) is 2.26. The Hall–Kier alpha value is -1.90. The largest absolute Gasteiger partial charge is 0.382 e. The summed E-state index contributed by atoms with van der Waals surface area (Å²) in [4.78, 5) is 0. The van der Waals surface area contributed by atoms with E-state index >= 15 is 0 Å². The highest BCUT2D eigenvalue weighted by atomic mass is 15.1. The molecule has 0 fully saturated rings. The summed E-state index contributed by atoms with van der Waals surface area (Å²) in [5.74, 6) is 0. The van der Waals surface area contributed by atoms with Crippen molar-refractivity contribution in [2.45, 2.75) is 0 Å². The van der Waals surface area contributed by atoms with E-state index in [2.05, 4.69) is 28.3 Å². The molecule has 1 heterocycles. The lowest BCUT2D eigenvalue weighted by atomic mass is 10.2. The van der Waals surface area contributed by atoms with Crippen molar-refractivity contribution < 1.29 is 0 Å². The molecule has 0 spiro atoms. The summed E-state index contributed by atoms with van der Waals surface area (Å²) in [5.41, 5.74) is 1.04. The summed E-state index contributed by atoms with van der Waals surface area (Å²) in [6.45, 7) is 4.40. The Morgan fingerprint density at radius 1 is 1.50 bits per heavy atom. The molecule has 0 atom stereocenters. The van der Waals surface area contributed by atoms with Crippen molar-refractivity contribution in [2.24, 2.45) is 0 Å². The summed E-state index contributed by atoms with van der Waals surface area (Å²) >= 11 is 0. The van der Waals surface area contributed by atoms with E-state index in [4.69, 9.17) is 0 Å². The molecule has 0 bridgehead atoms. The molecule has 1 aromatic carbocycles. The van der Waals surface area contributed by atoms with Gasteiger partial charge in [-0.2, -0.15) is 5.10 Å². The van der Waals surface area contributed by atoms with Gasteiger partial charge in [0.2, 0.25) is 0 Å². The lowest BCUT2D eigenvalue weighted by Crippen LogP contribution is -1.97. The molecule has 1 N–H and O–H groups in total. The Labute approximate surface area is 82.5 Å². The van der Waals surface area contributed by atoms with Gasteiger partial charge in [0, 0.05) is 23.0 Å². The lowest BCUT2D eigenvalue weighted by Gasteiger charge is -2.03. The maximum Gasteiger partial charge on any atom is 0.122 e. The zero-order valence-corrected chi connectivity index (χ0v) is 7.70. The first kappa shape index (κ1) is 8.69. The third-order valence-electron chi connectivity index (χ3n) is 1.93. The number of hydrogen-bond acceptors (Lipinski definition) is 3. The summed E-state index contributed by atoms with van der Waals surface area (Å²) in [5, 5.41) is 12.7. The summed E-state index contributed by atoms with van der Waals surface area (Å²) in [7, 11) is 0. The van der Waals surface area contributed by atoms with Gasteiger partial charge < -0.3 is 5.32 Å². The Morgan fingerprint density at radius 2 is 2.43 bits per heavy atom. The van der Waals surface area contributed by atoms with Gasteiger partial charge in [0.05, 0.1) is 6.20 Å². The van der Waals surface area contributed by atoms with Crippen LogP contribution >= 0.6 is 0 Å². The Balaban J connectivity index is 2.36. The number of anilines is 1. The van der Waals surface area contributed by atoms with Crippen LogP contribution in [0.25, 0.3) is 10.8 Å². The minimum Gasteiger partial charge on any atom is -0.382 e. The van der Waals surface area contributed by atoms with Gasteiger partial charge in [-0.05, 0) is 12.1 Å². The van der Waals surface area contributed by atoms with Gasteiger partial charge >= 0.3 is 0 Å². The van der Waals surface area contributed by atoms with Crippen LogP contribution in [0.15, 0.2) is 37.1 Å². The highest BCUT2D eigenvalue weighted by Gasteiger charge is 1.95. The van der Waals surface area contributed by atoms with Crippen LogP contribution < -0.4 is 5.32 Å². The minimum atomic E-state index is 0.754. The number of aromatic nitrogens is 2. The molecule has 1 aromatic heterocycles. The molecular weight excluding hydrogens is 174 g/mol. The molecule has 69 valence electrons. The quantitative estimate of drug-likeness (QED) is 0.741. The SMILES string of the molecule is C=CCNc1ccc2cnn[c]c2c1. The van der Waals surface area contributed by atoms with Gasteiger partial charge in [-0.1, -0.05) is 12.1 Å². The number of nitrogens with one attached hydrogen (secondary N) is 1. The van der Waals surface area contributed by atoms with Gasteiger partial charge in [0.25, 0.3) is 0 Å². The van der Waals surface area contributed by atoms with E-state index in [0.717, 1.165) is 23.0 Å². The predicted octanol–water partition coefficient (Wildman–Crippen LogP) is 2.03. The second-order valence-corrected chi connectivity index (χ2v) is 2.93. The average molecular weight is 184 g/mol. The van der Waals surface area contributed by atoms with E-state index < -0.39 is 0 Å².